The first kappa shape index (κ1) is 39.9. The van der Waals surface area contributed by atoms with Crippen molar-refractivity contribution < 1.29 is 47.6 Å². The van der Waals surface area contributed by atoms with Gasteiger partial charge in [-0.25, -0.2) is 24.2 Å². The van der Waals surface area contributed by atoms with Gasteiger partial charge in [0.15, 0.2) is 24.5 Å². The fraction of sp³-hybridized carbons (Fsp3) is 0.200. The maximum absolute atomic E-state index is 14.0. The normalized spacial score (nSPS) is 18.5. The third-order valence-corrected chi connectivity index (χ3v) is 9.36. The molecule has 6 aromatic rings. The molecule has 0 spiro atoms. The van der Waals surface area contributed by atoms with Gasteiger partial charge in [0.2, 0.25) is 5.95 Å². The molecule has 1 aliphatic rings. The Hall–Kier alpha value is -7.32. The van der Waals surface area contributed by atoms with Gasteiger partial charge in [-0.3, -0.25) is 0 Å². The molecule has 14 nitrogen and oxygen atoms in total. The number of benzene rings is 5. The van der Waals surface area contributed by atoms with Crippen LogP contribution in [0.5, 0.6) is 5.75 Å². The lowest BCUT2D eigenvalue weighted by Gasteiger charge is -2.44. The molecule has 14 heteroatoms. The second kappa shape index (κ2) is 18.3. The number of fused-ring (bicyclic) bond motifs is 1. The Kier molecular flexibility index (Phi) is 12.4. The van der Waals surface area contributed by atoms with Crippen LogP contribution >= 0.6 is 0 Å². The third kappa shape index (κ3) is 9.46. The van der Waals surface area contributed by atoms with Crippen LogP contribution in [0, 0.1) is 0 Å². The Balaban J connectivity index is 1.34. The molecule has 1 fully saturated rings. The molecule has 0 bridgehead atoms. The van der Waals surface area contributed by atoms with Crippen molar-refractivity contribution in [2.24, 2.45) is 0 Å². The highest BCUT2D eigenvalue weighted by molar-refractivity contribution is 5.93. The number of carbonyl (C=O) groups is 4. The summed E-state index contributed by atoms with van der Waals surface area (Å²) in [7, 11) is 5.18. The van der Waals surface area contributed by atoms with Gasteiger partial charge in [-0.05, 0) is 60.7 Å². The van der Waals surface area contributed by atoms with Gasteiger partial charge in [-0.1, -0.05) is 72.8 Å². The number of carbonyl (C=O) groups excluding carboxylic acids is 4. The SMILES string of the molecule is COc1ccc2c(N(C)C)nc(N[C@@H]3O[C@H](COC(=O)c4ccccc4)[C@H](OC(=O)c4ccccc4)[C@H](OC(=O)c4ccccc4)[C@H]3OC(=O)c3ccccc3)nc2c1. The average molecular weight is 797 g/mol. The zero-order valence-electron chi connectivity index (χ0n) is 32.3. The maximum atomic E-state index is 14.0. The molecule has 1 aliphatic heterocycles. The van der Waals surface area contributed by atoms with E-state index in [1.165, 1.54) is 0 Å². The highest BCUT2D eigenvalue weighted by atomic mass is 16.7. The van der Waals surface area contributed by atoms with Crippen molar-refractivity contribution in [2.45, 2.75) is 30.6 Å². The number of aromatic nitrogens is 2. The van der Waals surface area contributed by atoms with E-state index in [4.69, 9.17) is 38.4 Å². The largest absolute Gasteiger partial charge is 0.497 e. The molecule has 0 saturated carbocycles. The summed E-state index contributed by atoms with van der Waals surface area (Å²) in [6.07, 6.45) is -7.32. The first-order chi connectivity index (χ1) is 28.7. The summed E-state index contributed by atoms with van der Waals surface area (Å²) in [5, 5.41) is 3.86. The number of methoxy groups -OCH3 is 1. The van der Waals surface area contributed by atoms with Crippen LogP contribution in [0.4, 0.5) is 11.8 Å². The summed E-state index contributed by atoms with van der Waals surface area (Å²) in [5.74, 6) is -2.00. The van der Waals surface area contributed by atoms with Crippen LogP contribution < -0.4 is 15.0 Å². The number of ether oxygens (including phenoxy) is 6. The summed E-state index contributed by atoms with van der Waals surface area (Å²) < 4.78 is 36.3. The average Bonchev–Trinajstić information content (AvgIpc) is 3.27. The summed E-state index contributed by atoms with van der Waals surface area (Å²) in [5.41, 5.74) is 1.29. The van der Waals surface area contributed by atoms with E-state index >= 15 is 0 Å². The molecule has 1 N–H and O–H groups in total. The van der Waals surface area contributed by atoms with Crippen LogP contribution in [0.1, 0.15) is 41.4 Å². The molecule has 0 amide bonds. The van der Waals surface area contributed by atoms with Crippen LogP contribution in [-0.4, -0.2) is 92.3 Å². The summed E-state index contributed by atoms with van der Waals surface area (Å²) >= 11 is 0. The number of hydrogen-bond acceptors (Lipinski definition) is 14. The number of nitrogens with zero attached hydrogens (tertiary/aromatic N) is 3. The number of rotatable bonds is 13. The van der Waals surface area contributed by atoms with Crippen LogP contribution in [0.15, 0.2) is 140 Å². The van der Waals surface area contributed by atoms with Gasteiger partial charge in [0.05, 0.1) is 34.9 Å². The zero-order valence-corrected chi connectivity index (χ0v) is 32.3. The highest BCUT2D eigenvalue weighted by Gasteiger charge is 2.53. The zero-order chi connectivity index (χ0) is 41.3. The first-order valence-electron chi connectivity index (χ1n) is 18.6. The van der Waals surface area contributed by atoms with E-state index in [2.05, 4.69) is 5.32 Å². The Bertz CT molecular complexity index is 2400. The van der Waals surface area contributed by atoms with Crippen molar-refractivity contribution in [3.05, 3.63) is 162 Å². The van der Waals surface area contributed by atoms with Gasteiger partial charge < -0.3 is 38.6 Å². The van der Waals surface area contributed by atoms with Crippen LogP contribution in [0.3, 0.4) is 0 Å². The van der Waals surface area contributed by atoms with E-state index in [0.717, 1.165) is 0 Å². The lowest BCUT2D eigenvalue weighted by Crippen LogP contribution is -2.64. The standard InChI is InChI=1S/C45H40N4O10/c1-49(2)39-33-25-24-32(54-3)26-34(33)46-45(47-39)48-40-38(59-44(53)31-22-14-7-15-23-31)37(58-43(52)30-20-12-6-13-21-30)36(57-42(51)29-18-10-5-11-19-29)35(56-40)27-55-41(50)28-16-8-4-9-17-28/h4-26,35-38,40H,27H2,1-3H3,(H,46,47,48)/t35-,36+,37+,38-,40-/m1/s1. The highest BCUT2D eigenvalue weighted by Crippen LogP contribution is 2.33. The fourth-order valence-corrected chi connectivity index (χ4v) is 6.44. The van der Waals surface area contributed by atoms with Gasteiger partial charge in [-0.15, -0.1) is 0 Å². The summed E-state index contributed by atoms with van der Waals surface area (Å²) in [6.45, 7) is -0.490. The third-order valence-electron chi connectivity index (χ3n) is 9.36. The van der Waals surface area contributed by atoms with Gasteiger partial charge >= 0.3 is 23.9 Å². The summed E-state index contributed by atoms with van der Waals surface area (Å²) in [6, 6.07) is 38.1. The smallest absolute Gasteiger partial charge is 0.338 e. The van der Waals surface area contributed by atoms with Crippen molar-refractivity contribution >= 4 is 46.5 Å². The Morgan fingerprint density at radius 1 is 0.610 bits per heavy atom. The molecule has 1 saturated heterocycles. The van der Waals surface area contributed by atoms with E-state index in [1.807, 2.05) is 20.2 Å². The van der Waals surface area contributed by atoms with Crippen molar-refractivity contribution in [2.75, 3.05) is 38.0 Å². The summed E-state index contributed by atoms with van der Waals surface area (Å²) in [4.78, 5) is 66.4. The number of nitrogens with one attached hydrogen (secondary N) is 1. The minimum atomic E-state index is -1.57. The molecule has 2 heterocycles. The number of hydrogen-bond donors (Lipinski definition) is 1. The van der Waals surface area contributed by atoms with Crippen molar-refractivity contribution in [1.82, 2.24) is 9.97 Å². The van der Waals surface area contributed by atoms with Crippen LogP contribution in [0.2, 0.25) is 0 Å². The Morgan fingerprint density at radius 3 is 1.58 bits per heavy atom. The number of esters is 4. The predicted octanol–water partition coefficient (Wildman–Crippen LogP) is 6.38. The van der Waals surface area contributed by atoms with Crippen molar-refractivity contribution in [1.29, 1.82) is 0 Å². The molecule has 5 aromatic carbocycles. The topological polar surface area (TPSA) is 165 Å². The minimum Gasteiger partial charge on any atom is -0.497 e. The fourth-order valence-electron chi connectivity index (χ4n) is 6.44. The van der Waals surface area contributed by atoms with E-state index in [1.54, 1.807) is 145 Å². The molecular weight excluding hydrogens is 757 g/mol. The quantitative estimate of drug-likeness (QED) is 0.101. The molecule has 1 aromatic heterocycles. The van der Waals surface area contributed by atoms with E-state index in [9.17, 15) is 19.2 Å². The van der Waals surface area contributed by atoms with Gasteiger partial charge in [0.25, 0.3) is 0 Å². The second-order valence-electron chi connectivity index (χ2n) is 13.6. The lowest BCUT2D eigenvalue weighted by atomic mass is 9.96. The monoisotopic (exact) mass is 796 g/mol. The molecule has 59 heavy (non-hydrogen) atoms. The van der Waals surface area contributed by atoms with Crippen LogP contribution in [-0.2, 0) is 23.7 Å². The lowest BCUT2D eigenvalue weighted by molar-refractivity contribution is -0.222. The van der Waals surface area contributed by atoms with Gasteiger partial charge in [0, 0.05) is 25.5 Å². The first-order valence-corrected chi connectivity index (χ1v) is 18.6. The van der Waals surface area contributed by atoms with Gasteiger partial charge in [0.1, 0.15) is 24.3 Å². The maximum Gasteiger partial charge on any atom is 0.338 e. The van der Waals surface area contributed by atoms with E-state index in [0.29, 0.717) is 22.5 Å². The Morgan fingerprint density at radius 2 is 1.08 bits per heavy atom. The molecule has 5 atom stereocenters. The van der Waals surface area contributed by atoms with Crippen LogP contribution in [0.25, 0.3) is 10.9 Å². The van der Waals surface area contributed by atoms with Crippen molar-refractivity contribution in [3.8, 4) is 5.75 Å². The minimum absolute atomic E-state index is 0.0353. The molecule has 0 radical (unpaired) electrons. The van der Waals surface area contributed by atoms with E-state index in [-0.39, 0.29) is 28.2 Å². The predicted molar refractivity (Wildman–Crippen MR) is 216 cm³/mol. The molecule has 0 unspecified atom stereocenters. The van der Waals surface area contributed by atoms with Crippen molar-refractivity contribution in [3.63, 3.8) is 0 Å². The molecule has 300 valence electrons. The Labute approximate surface area is 339 Å². The second-order valence-corrected chi connectivity index (χ2v) is 13.6. The number of anilines is 2. The molecular formula is C45H40N4O10. The molecule has 7 rings (SSSR count). The van der Waals surface area contributed by atoms with E-state index < -0.39 is 61.1 Å². The van der Waals surface area contributed by atoms with Gasteiger partial charge in [-0.2, -0.15) is 4.98 Å². The molecule has 0 aliphatic carbocycles.